The van der Waals surface area contributed by atoms with Crippen LogP contribution in [0.4, 0.5) is 8.78 Å². The van der Waals surface area contributed by atoms with E-state index in [4.69, 9.17) is 4.74 Å². The number of esters is 1. The molecule has 1 aliphatic carbocycles. The quantitative estimate of drug-likeness (QED) is 0.618. The zero-order chi connectivity index (χ0) is 15.4. The Morgan fingerprint density at radius 2 is 2.10 bits per heavy atom. The first-order valence-electron chi connectivity index (χ1n) is 7.16. The monoisotopic (exact) mass is 296 g/mol. The van der Waals surface area contributed by atoms with E-state index in [1.807, 2.05) is 6.92 Å². The molecule has 0 aliphatic heterocycles. The van der Waals surface area contributed by atoms with Crippen LogP contribution in [0.2, 0.25) is 0 Å². The minimum atomic E-state index is -0.721. The highest BCUT2D eigenvalue weighted by molar-refractivity contribution is 5.89. The fourth-order valence-electron chi connectivity index (χ4n) is 2.66. The highest BCUT2D eigenvalue weighted by Crippen LogP contribution is 2.39. The van der Waals surface area contributed by atoms with Crippen LogP contribution in [-0.4, -0.2) is 18.4 Å². The molecular weight excluding hydrogens is 278 g/mol. The molecule has 1 aliphatic rings. The summed E-state index contributed by atoms with van der Waals surface area (Å²) >= 11 is 0. The Morgan fingerprint density at radius 1 is 1.33 bits per heavy atom. The molecular formula is C16H18F2O3. The molecule has 2 atom stereocenters. The summed E-state index contributed by atoms with van der Waals surface area (Å²) in [5.41, 5.74) is 0.208. The molecule has 0 amide bonds. The third-order valence-electron chi connectivity index (χ3n) is 3.79. The van der Waals surface area contributed by atoms with Crippen molar-refractivity contribution >= 4 is 11.8 Å². The lowest BCUT2D eigenvalue weighted by Crippen LogP contribution is -2.21. The molecule has 2 rings (SSSR count). The van der Waals surface area contributed by atoms with E-state index in [0.717, 1.165) is 25.0 Å². The minimum Gasteiger partial charge on any atom is -0.465 e. The van der Waals surface area contributed by atoms with Crippen molar-refractivity contribution in [2.24, 2.45) is 5.92 Å². The number of benzene rings is 1. The summed E-state index contributed by atoms with van der Waals surface area (Å²) in [5, 5.41) is 0. The van der Waals surface area contributed by atoms with Crippen molar-refractivity contribution in [3.8, 4) is 0 Å². The standard InChI is InChI=1S/C16H18F2O3/c1-2-3-6-21-16(20)14-9-11(19)8-13(14)12-5-4-10(17)7-15(12)18/h4-5,7,13-14H,2-3,6,8-9H2,1H3/t13-,14+/m0/s1. The second-order valence-electron chi connectivity index (χ2n) is 5.35. The summed E-state index contributed by atoms with van der Waals surface area (Å²) in [7, 11) is 0. The lowest BCUT2D eigenvalue weighted by atomic mass is 9.88. The molecule has 1 fully saturated rings. The molecule has 0 aromatic heterocycles. The van der Waals surface area contributed by atoms with Crippen LogP contribution in [0.5, 0.6) is 0 Å². The van der Waals surface area contributed by atoms with Crippen LogP contribution in [-0.2, 0) is 14.3 Å². The number of halogens is 2. The number of ether oxygens (including phenoxy) is 1. The van der Waals surface area contributed by atoms with Crippen LogP contribution < -0.4 is 0 Å². The number of ketones is 1. The first-order chi connectivity index (χ1) is 10.0. The molecule has 0 bridgehead atoms. The van der Waals surface area contributed by atoms with Gasteiger partial charge >= 0.3 is 5.97 Å². The molecule has 3 nitrogen and oxygen atoms in total. The predicted octanol–water partition coefficient (Wildman–Crippen LogP) is 3.37. The first kappa shape index (κ1) is 15.6. The number of Topliss-reactive ketones (excluding diaryl/α,β-unsaturated/α-hetero) is 1. The summed E-state index contributed by atoms with van der Waals surface area (Å²) in [6.45, 7) is 2.28. The molecule has 1 aromatic rings. The summed E-state index contributed by atoms with van der Waals surface area (Å²) in [6, 6.07) is 3.22. The third kappa shape index (κ3) is 3.65. The second kappa shape index (κ2) is 6.78. The summed E-state index contributed by atoms with van der Waals surface area (Å²) in [4.78, 5) is 23.7. The van der Waals surface area contributed by atoms with E-state index < -0.39 is 29.4 Å². The van der Waals surface area contributed by atoms with Gasteiger partial charge < -0.3 is 4.74 Å². The van der Waals surface area contributed by atoms with Gasteiger partial charge in [-0.3, -0.25) is 9.59 Å². The maximum absolute atomic E-state index is 13.9. The number of hydrogen-bond donors (Lipinski definition) is 0. The lowest BCUT2D eigenvalue weighted by Gasteiger charge is -2.18. The molecule has 1 aromatic carbocycles. The van der Waals surface area contributed by atoms with Crippen molar-refractivity contribution in [3.05, 3.63) is 35.4 Å². The van der Waals surface area contributed by atoms with E-state index in [9.17, 15) is 18.4 Å². The van der Waals surface area contributed by atoms with Crippen LogP contribution in [0.1, 0.15) is 44.1 Å². The third-order valence-corrected chi connectivity index (χ3v) is 3.79. The molecule has 1 saturated carbocycles. The van der Waals surface area contributed by atoms with E-state index in [-0.39, 0.29) is 24.2 Å². The number of rotatable bonds is 5. The van der Waals surface area contributed by atoms with Gasteiger partial charge in [0, 0.05) is 24.8 Å². The SMILES string of the molecule is CCCCOC(=O)[C@@H]1CC(=O)C[C@H]1c1ccc(F)cc1F. The van der Waals surface area contributed by atoms with E-state index in [1.165, 1.54) is 6.07 Å². The van der Waals surface area contributed by atoms with Crippen LogP contribution in [0.15, 0.2) is 18.2 Å². The number of unbranched alkanes of at least 4 members (excludes halogenated alkanes) is 1. The minimum absolute atomic E-state index is 0.0619. The highest BCUT2D eigenvalue weighted by atomic mass is 19.1. The number of hydrogen-bond acceptors (Lipinski definition) is 3. The normalized spacial score (nSPS) is 21.6. The van der Waals surface area contributed by atoms with Gasteiger partial charge in [-0.2, -0.15) is 0 Å². The Balaban J connectivity index is 2.16. The second-order valence-corrected chi connectivity index (χ2v) is 5.35. The Morgan fingerprint density at radius 3 is 2.76 bits per heavy atom. The highest BCUT2D eigenvalue weighted by Gasteiger charge is 2.40. The maximum Gasteiger partial charge on any atom is 0.310 e. The average molecular weight is 296 g/mol. The van der Waals surface area contributed by atoms with Crippen LogP contribution in [0, 0.1) is 17.6 Å². The molecule has 0 N–H and O–H groups in total. The van der Waals surface area contributed by atoms with Gasteiger partial charge in [0.2, 0.25) is 0 Å². The van der Waals surface area contributed by atoms with Gasteiger partial charge in [-0.25, -0.2) is 8.78 Å². The zero-order valence-corrected chi connectivity index (χ0v) is 11.9. The molecule has 0 radical (unpaired) electrons. The van der Waals surface area contributed by atoms with Crippen molar-refractivity contribution in [3.63, 3.8) is 0 Å². The maximum atomic E-state index is 13.9. The zero-order valence-electron chi connectivity index (χ0n) is 11.9. The fraction of sp³-hybridized carbons (Fsp3) is 0.500. The smallest absolute Gasteiger partial charge is 0.310 e. The molecule has 0 unspecified atom stereocenters. The van der Waals surface area contributed by atoms with Gasteiger partial charge in [-0.05, 0) is 18.1 Å². The Kier molecular flexibility index (Phi) is 5.04. The average Bonchev–Trinajstić information content (AvgIpc) is 2.81. The van der Waals surface area contributed by atoms with Crippen LogP contribution >= 0.6 is 0 Å². The van der Waals surface area contributed by atoms with Crippen molar-refractivity contribution < 1.29 is 23.1 Å². The molecule has 5 heteroatoms. The summed E-state index contributed by atoms with van der Waals surface area (Å²) in [6.07, 6.45) is 1.80. The molecule has 0 heterocycles. The summed E-state index contributed by atoms with van der Waals surface area (Å²) in [5.74, 6) is -3.20. The first-order valence-corrected chi connectivity index (χ1v) is 7.16. The Labute approximate surface area is 122 Å². The van der Waals surface area contributed by atoms with Crippen molar-refractivity contribution in [2.75, 3.05) is 6.61 Å². The Bertz CT molecular complexity index is 542. The van der Waals surface area contributed by atoms with E-state index in [2.05, 4.69) is 0 Å². The largest absolute Gasteiger partial charge is 0.465 e. The van der Waals surface area contributed by atoms with Gasteiger partial charge in [0.15, 0.2) is 0 Å². The van der Waals surface area contributed by atoms with Gasteiger partial charge in [0.1, 0.15) is 17.4 Å². The number of carbonyl (C=O) groups is 2. The van der Waals surface area contributed by atoms with E-state index in [0.29, 0.717) is 6.61 Å². The van der Waals surface area contributed by atoms with E-state index in [1.54, 1.807) is 0 Å². The van der Waals surface area contributed by atoms with Crippen LogP contribution in [0.3, 0.4) is 0 Å². The fourth-order valence-corrected chi connectivity index (χ4v) is 2.66. The van der Waals surface area contributed by atoms with Crippen molar-refractivity contribution in [1.29, 1.82) is 0 Å². The predicted molar refractivity (Wildman–Crippen MR) is 72.7 cm³/mol. The van der Waals surface area contributed by atoms with Gasteiger partial charge in [0.05, 0.1) is 12.5 Å². The van der Waals surface area contributed by atoms with Gasteiger partial charge in [-0.15, -0.1) is 0 Å². The van der Waals surface area contributed by atoms with Crippen molar-refractivity contribution in [2.45, 2.75) is 38.5 Å². The lowest BCUT2D eigenvalue weighted by molar-refractivity contribution is -0.149. The Hall–Kier alpha value is -1.78. The topological polar surface area (TPSA) is 43.4 Å². The van der Waals surface area contributed by atoms with Gasteiger partial charge in [0.25, 0.3) is 0 Å². The summed E-state index contributed by atoms with van der Waals surface area (Å²) < 4.78 is 32.0. The van der Waals surface area contributed by atoms with Gasteiger partial charge in [-0.1, -0.05) is 19.4 Å². The van der Waals surface area contributed by atoms with Crippen molar-refractivity contribution in [1.82, 2.24) is 0 Å². The molecule has 21 heavy (non-hydrogen) atoms. The molecule has 0 saturated heterocycles. The molecule has 114 valence electrons. The number of carbonyl (C=O) groups excluding carboxylic acids is 2. The van der Waals surface area contributed by atoms with Crippen LogP contribution in [0.25, 0.3) is 0 Å². The molecule has 0 spiro atoms. The van der Waals surface area contributed by atoms with E-state index >= 15 is 0 Å².